The molecule has 4 heterocycles. The van der Waals surface area contributed by atoms with E-state index >= 15 is 0 Å². The molecule has 1 saturated heterocycles. The third-order valence-electron chi connectivity index (χ3n) is 5.80. The van der Waals surface area contributed by atoms with Crippen molar-refractivity contribution >= 4 is 28.7 Å². The molecule has 3 aromatic heterocycles. The molecule has 0 spiro atoms. The van der Waals surface area contributed by atoms with Gasteiger partial charge in [-0.1, -0.05) is 0 Å². The highest BCUT2D eigenvalue weighted by Gasteiger charge is 2.31. The molecule has 4 N–H and O–H groups in total. The second-order valence-corrected chi connectivity index (χ2v) is 8.00. The third-order valence-corrected chi connectivity index (χ3v) is 5.80. The van der Waals surface area contributed by atoms with Crippen molar-refractivity contribution in [2.75, 3.05) is 24.1 Å². The smallest absolute Gasteiger partial charge is 0.382 e. The molecule has 1 aliphatic heterocycles. The fourth-order valence-corrected chi connectivity index (χ4v) is 4.08. The highest BCUT2D eigenvalue weighted by molar-refractivity contribution is 6.03. The van der Waals surface area contributed by atoms with E-state index in [-0.39, 0.29) is 28.9 Å². The number of halogens is 3. The predicted molar refractivity (Wildman–Crippen MR) is 121 cm³/mol. The lowest BCUT2D eigenvalue weighted by atomic mass is 10.2. The lowest BCUT2D eigenvalue weighted by Gasteiger charge is -2.09. The summed E-state index contributed by atoms with van der Waals surface area (Å²) in [6.07, 6.45) is -1.80. The Balaban J connectivity index is 1.45. The summed E-state index contributed by atoms with van der Waals surface area (Å²) < 4.78 is 41.1. The Morgan fingerprint density at radius 3 is 2.51 bits per heavy atom. The SMILES string of the molecule is Nc1ncnc2c1n(-c1ccc(C(=O)Nc3ccc(C(F)(F)F)cn3)cc1)c(=O)n2C1CCNC1. The minimum absolute atomic E-state index is 0.0264. The van der Waals surface area contributed by atoms with E-state index in [2.05, 4.69) is 25.6 Å². The largest absolute Gasteiger partial charge is 0.417 e. The summed E-state index contributed by atoms with van der Waals surface area (Å²) in [7, 11) is 0. The number of hydrogen-bond acceptors (Lipinski definition) is 7. The summed E-state index contributed by atoms with van der Waals surface area (Å²) in [6, 6.07) is 7.94. The number of hydrogen-bond donors (Lipinski definition) is 3. The van der Waals surface area contributed by atoms with Gasteiger partial charge in [0.25, 0.3) is 5.91 Å². The molecule has 5 rings (SSSR count). The number of nitrogens with two attached hydrogens (primary N) is 1. The molecule has 1 fully saturated rings. The number of benzene rings is 1. The zero-order chi connectivity index (χ0) is 24.7. The minimum Gasteiger partial charge on any atom is -0.382 e. The van der Waals surface area contributed by atoms with Gasteiger partial charge in [-0.2, -0.15) is 13.2 Å². The average molecular weight is 484 g/mol. The first kappa shape index (κ1) is 22.5. The summed E-state index contributed by atoms with van der Waals surface area (Å²) in [6.45, 7) is 1.40. The van der Waals surface area contributed by atoms with Crippen molar-refractivity contribution in [2.24, 2.45) is 0 Å². The Labute approximate surface area is 195 Å². The van der Waals surface area contributed by atoms with E-state index in [0.29, 0.717) is 29.6 Å². The fourth-order valence-electron chi connectivity index (χ4n) is 4.08. The van der Waals surface area contributed by atoms with Crippen LogP contribution in [0.1, 0.15) is 28.4 Å². The number of fused-ring (bicyclic) bond motifs is 1. The number of nitrogens with zero attached hydrogens (tertiary/aromatic N) is 5. The average Bonchev–Trinajstić information content (AvgIpc) is 3.45. The van der Waals surface area contributed by atoms with Crippen molar-refractivity contribution in [1.29, 1.82) is 0 Å². The van der Waals surface area contributed by atoms with Crippen molar-refractivity contribution in [3.8, 4) is 5.69 Å². The van der Waals surface area contributed by atoms with Gasteiger partial charge in [0, 0.05) is 18.3 Å². The van der Waals surface area contributed by atoms with E-state index in [4.69, 9.17) is 5.73 Å². The van der Waals surface area contributed by atoms with Gasteiger partial charge in [-0.05, 0) is 49.4 Å². The molecule has 13 heteroatoms. The zero-order valence-corrected chi connectivity index (χ0v) is 18.1. The second kappa shape index (κ2) is 8.51. The molecule has 1 amide bonds. The van der Waals surface area contributed by atoms with Crippen LogP contribution in [0.3, 0.4) is 0 Å². The molecule has 10 nitrogen and oxygen atoms in total. The van der Waals surface area contributed by atoms with Gasteiger partial charge in [-0.25, -0.2) is 19.7 Å². The monoisotopic (exact) mass is 484 g/mol. The molecule has 0 bridgehead atoms. The van der Waals surface area contributed by atoms with E-state index < -0.39 is 17.6 Å². The van der Waals surface area contributed by atoms with E-state index in [9.17, 15) is 22.8 Å². The first-order valence-electron chi connectivity index (χ1n) is 10.6. The van der Waals surface area contributed by atoms with Gasteiger partial charge in [0.15, 0.2) is 11.5 Å². The molecule has 1 atom stereocenters. The second-order valence-electron chi connectivity index (χ2n) is 8.00. The number of alkyl halides is 3. The van der Waals surface area contributed by atoms with E-state index in [1.165, 1.54) is 23.0 Å². The highest BCUT2D eigenvalue weighted by Crippen LogP contribution is 2.29. The van der Waals surface area contributed by atoms with E-state index in [1.807, 2.05) is 0 Å². The molecular weight excluding hydrogens is 465 g/mol. The predicted octanol–water partition coefficient (Wildman–Crippen LogP) is 2.36. The molecule has 1 aromatic carbocycles. The Hall–Kier alpha value is -4.26. The summed E-state index contributed by atoms with van der Waals surface area (Å²) in [4.78, 5) is 37.9. The number of nitrogens with one attached hydrogen (secondary N) is 2. The number of carbonyl (C=O) groups is 1. The van der Waals surface area contributed by atoms with Crippen molar-refractivity contribution in [3.63, 3.8) is 0 Å². The van der Waals surface area contributed by atoms with Crippen molar-refractivity contribution in [1.82, 2.24) is 29.4 Å². The zero-order valence-electron chi connectivity index (χ0n) is 18.1. The molecule has 1 unspecified atom stereocenters. The first-order valence-corrected chi connectivity index (χ1v) is 10.6. The topological polar surface area (TPSA) is 133 Å². The van der Waals surface area contributed by atoms with E-state index in [1.54, 1.807) is 16.7 Å². The number of pyridine rings is 1. The molecule has 35 heavy (non-hydrogen) atoms. The first-order chi connectivity index (χ1) is 16.7. The summed E-state index contributed by atoms with van der Waals surface area (Å²) in [5, 5.41) is 5.68. The van der Waals surface area contributed by atoms with Crippen LogP contribution in [0.4, 0.5) is 24.8 Å². The third kappa shape index (κ3) is 4.10. The summed E-state index contributed by atoms with van der Waals surface area (Å²) in [5.41, 5.74) is 6.32. The van der Waals surface area contributed by atoms with Crippen LogP contribution >= 0.6 is 0 Å². The van der Waals surface area contributed by atoms with Gasteiger partial charge in [-0.3, -0.25) is 13.9 Å². The fraction of sp³-hybridized carbons (Fsp3) is 0.227. The van der Waals surface area contributed by atoms with E-state index in [0.717, 1.165) is 25.1 Å². The minimum atomic E-state index is -4.52. The van der Waals surface area contributed by atoms with Crippen LogP contribution in [0.2, 0.25) is 0 Å². The molecule has 4 aromatic rings. The van der Waals surface area contributed by atoms with Gasteiger partial charge < -0.3 is 16.4 Å². The van der Waals surface area contributed by atoms with Gasteiger partial charge in [0.05, 0.1) is 17.3 Å². The number of imidazole rings is 1. The van der Waals surface area contributed by atoms with Gasteiger partial charge in [-0.15, -0.1) is 0 Å². The van der Waals surface area contributed by atoms with Gasteiger partial charge in [0.2, 0.25) is 0 Å². The summed E-state index contributed by atoms with van der Waals surface area (Å²) >= 11 is 0. The van der Waals surface area contributed by atoms with Crippen LogP contribution in [-0.2, 0) is 6.18 Å². The highest BCUT2D eigenvalue weighted by atomic mass is 19.4. The van der Waals surface area contributed by atoms with Crippen molar-refractivity contribution < 1.29 is 18.0 Å². The van der Waals surface area contributed by atoms with Gasteiger partial charge in [0.1, 0.15) is 17.7 Å². The van der Waals surface area contributed by atoms with Crippen LogP contribution in [0.5, 0.6) is 0 Å². The van der Waals surface area contributed by atoms with Crippen LogP contribution < -0.4 is 22.1 Å². The quantitative estimate of drug-likeness (QED) is 0.405. The lowest BCUT2D eigenvalue weighted by molar-refractivity contribution is -0.137. The Bertz CT molecular complexity index is 1450. The standard InChI is InChI=1S/C22H19F3N8O2/c23-22(24,25)13-3-6-16(28-9-13)31-20(34)12-1-4-14(5-2-12)32-17-18(26)29-11-30-19(17)33(21(32)35)15-7-8-27-10-15/h1-6,9,11,15,27H,7-8,10H2,(H2,26,29,30)(H,28,31,34). The maximum Gasteiger partial charge on any atom is 0.417 e. The number of amides is 1. The molecule has 0 radical (unpaired) electrons. The maximum absolute atomic E-state index is 13.4. The normalized spacial score (nSPS) is 16.0. The lowest BCUT2D eigenvalue weighted by Crippen LogP contribution is -2.28. The Kier molecular flexibility index (Phi) is 5.47. The molecule has 0 aliphatic carbocycles. The van der Waals surface area contributed by atoms with Crippen LogP contribution in [-0.4, -0.2) is 43.1 Å². The molecule has 1 aliphatic rings. The van der Waals surface area contributed by atoms with Crippen LogP contribution in [0.15, 0.2) is 53.7 Å². The number of anilines is 2. The van der Waals surface area contributed by atoms with Gasteiger partial charge >= 0.3 is 11.9 Å². The number of rotatable bonds is 4. The number of nitrogen functional groups attached to an aromatic ring is 1. The van der Waals surface area contributed by atoms with Crippen molar-refractivity contribution in [3.05, 3.63) is 70.5 Å². The molecule has 180 valence electrons. The Morgan fingerprint density at radius 2 is 1.89 bits per heavy atom. The van der Waals surface area contributed by atoms with Crippen LogP contribution in [0, 0.1) is 0 Å². The number of aromatic nitrogens is 5. The molecular formula is C22H19F3N8O2. The molecule has 0 saturated carbocycles. The maximum atomic E-state index is 13.4. The Morgan fingerprint density at radius 1 is 1.11 bits per heavy atom. The van der Waals surface area contributed by atoms with Crippen molar-refractivity contribution in [2.45, 2.75) is 18.6 Å². The van der Waals surface area contributed by atoms with Crippen LogP contribution in [0.25, 0.3) is 16.9 Å². The number of carbonyl (C=O) groups excluding carboxylic acids is 1. The summed E-state index contributed by atoms with van der Waals surface area (Å²) in [5.74, 6) is -0.452.